The van der Waals surface area contributed by atoms with Gasteiger partial charge in [-0.05, 0) is 93.6 Å². The van der Waals surface area contributed by atoms with Gasteiger partial charge < -0.3 is 5.32 Å². The number of amides is 2. The molecule has 0 radical (unpaired) electrons. The molecule has 1 heterocycles. The Morgan fingerprint density at radius 1 is 1.04 bits per heavy atom. The number of benzene rings is 1. The van der Waals surface area contributed by atoms with Crippen LogP contribution in [0.25, 0.3) is 0 Å². The van der Waals surface area contributed by atoms with Crippen molar-refractivity contribution in [3.63, 3.8) is 0 Å². The van der Waals surface area contributed by atoms with E-state index in [9.17, 15) is 13.2 Å². The van der Waals surface area contributed by atoms with Gasteiger partial charge in [-0.25, -0.2) is 17.9 Å². The van der Waals surface area contributed by atoms with Crippen LogP contribution in [0, 0.1) is 0 Å². The van der Waals surface area contributed by atoms with Crippen LogP contribution in [0.3, 0.4) is 0 Å². The number of anilines is 1. The molecule has 0 saturated carbocycles. The summed E-state index contributed by atoms with van der Waals surface area (Å²) in [7, 11) is -3.67. The van der Waals surface area contributed by atoms with Crippen molar-refractivity contribution < 1.29 is 13.2 Å². The Bertz CT molecular complexity index is 812. The summed E-state index contributed by atoms with van der Waals surface area (Å²) in [4.78, 5) is 14.7. The molecule has 1 aromatic rings. The first-order valence-electron chi connectivity index (χ1n) is 10.1. The number of hydrogen-bond acceptors (Lipinski definition) is 4. The average Bonchev–Trinajstić information content (AvgIpc) is 3.34. The van der Waals surface area contributed by atoms with E-state index < -0.39 is 16.1 Å². The van der Waals surface area contributed by atoms with Crippen molar-refractivity contribution in [3.8, 4) is 0 Å². The summed E-state index contributed by atoms with van der Waals surface area (Å²) in [6.07, 6.45) is 8.43. The normalized spacial score (nSPS) is 20.3. The number of aryl methyl sites for hydroxylation is 2. The Hall–Kier alpha value is -1.60. The van der Waals surface area contributed by atoms with Crippen LogP contribution >= 0.6 is 0 Å². The molecule has 27 heavy (non-hydrogen) atoms. The third kappa shape index (κ3) is 3.99. The summed E-state index contributed by atoms with van der Waals surface area (Å²) >= 11 is 0. The minimum Gasteiger partial charge on any atom is -0.307 e. The highest BCUT2D eigenvalue weighted by Crippen LogP contribution is 2.38. The van der Waals surface area contributed by atoms with Crippen LogP contribution in [0.4, 0.5) is 10.5 Å². The fourth-order valence-electron chi connectivity index (χ4n) is 4.89. The molecule has 1 unspecified atom stereocenters. The molecule has 2 N–H and O–H groups in total. The molecule has 0 spiro atoms. The second-order valence-electron chi connectivity index (χ2n) is 8.16. The molecule has 2 aliphatic carbocycles. The van der Waals surface area contributed by atoms with E-state index in [1.54, 1.807) is 0 Å². The molecule has 3 aliphatic rings. The summed E-state index contributed by atoms with van der Waals surface area (Å²) < 4.78 is 27.2. The predicted molar refractivity (Wildman–Crippen MR) is 107 cm³/mol. The highest BCUT2D eigenvalue weighted by atomic mass is 32.2. The molecule has 1 fully saturated rings. The number of sulfonamides is 1. The van der Waals surface area contributed by atoms with Gasteiger partial charge in [-0.3, -0.25) is 4.90 Å². The highest BCUT2D eigenvalue weighted by molar-refractivity contribution is 7.90. The Morgan fingerprint density at radius 3 is 2.22 bits per heavy atom. The second-order valence-corrected chi connectivity index (χ2v) is 9.93. The highest BCUT2D eigenvalue weighted by Gasteiger charge is 2.27. The summed E-state index contributed by atoms with van der Waals surface area (Å²) in [5.41, 5.74) is 5.91. The van der Waals surface area contributed by atoms with Crippen molar-refractivity contribution >= 4 is 21.7 Å². The third-order valence-electron chi connectivity index (χ3n) is 6.18. The van der Waals surface area contributed by atoms with Gasteiger partial charge in [0.15, 0.2) is 0 Å². The van der Waals surface area contributed by atoms with E-state index in [0.29, 0.717) is 0 Å². The van der Waals surface area contributed by atoms with Crippen molar-refractivity contribution in [3.05, 3.63) is 28.3 Å². The van der Waals surface area contributed by atoms with Crippen LogP contribution in [-0.4, -0.2) is 44.2 Å². The monoisotopic (exact) mass is 391 g/mol. The van der Waals surface area contributed by atoms with Crippen molar-refractivity contribution in [2.45, 2.75) is 64.3 Å². The van der Waals surface area contributed by atoms with Gasteiger partial charge in [-0.15, -0.1) is 0 Å². The number of nitrogens with one attached hydrogen (secondary N) is 2. The van der Waals surface area contributed by atoms with Crippen LogP contribution in [0.1, 0.15) is 54.9 Å². The quantitative estimate of drug-likeness (QED) is 0.809. The van der Waals surface area contributed by atoms with E-state index in [4.69, 9.17) is 0 Å². The number of carbonyl (C=O) groups is 1. The van der Waals surface area contributed by atoms with Gasteiger partial charge in [-0.1, -0.05) is 6.07 Å². The average molecular weight is 392 g/mol. The van der Waals surface area contributed by atoms with Crippen LogP contribution < -0.4 is 10.0 Å². The van der Waals surface area contributed by atoms with Gasteiger partial charge >= 0.3 is 6.03 Å². The van der Waals surface area contributed by atoms with Crippen molar-refractivity contribution in [1.82, 2.24) is 9.62 Å². The lowest BCUT2D eigenvalue weighted by atomic mass is 9.99. The SMILES string of the molecule is CC(CS(=O)(=O)NC(=O)Nc1c2c(cc3c1CCC3)CCC2)N1CCCC1. The maximum atomic E-state index is 12.5. The zero-order valence-electron chi connectivity index (χ0n) is 16.0. The molecule has 2 amide bonds. The predicted octanol–water partition coefficient (Wildman–Crippen LogP) is 2.60. The van der Waals surface area contributed by atoms with E-state index in [1.807, 2.05) is 6.92 Å². The molecule has 1 atom stereocenters. The minimum absolute atomic E-state index is 0.0502. The maximum Gasteiger partial charge on any atom is 0.332 e. The molecule has 6 nitrogen and oxygen atoms in total. The lowest BCUT2D eigenvalue weighted by Gasteiger charge is -2.23. The minimum atomic E-state index is -3.67. The fourth-order valence-corrected chi connectivity index (χ4v) is 6.16. The van der Waals surface area contributed by atoms with Crippen molar-refractivity contribution in [1.29, 1.82) is 0 Å². The van der Waals surface area contributed by atoms with Gasteiger partial charge in [0.25, 0.3) is 0 Å². The van der Waals surface area contributed by atoms with E-state index in [0.717, 1.165) is 70.1 Å². The van der Waals surface area contributed by atoms with Crippen LogP contribution in [0.15, 0.2) is 6.07 Å². The number of carbonyl (C=O) groups excluding carboxylic acids is 1. The largest absolute Gasteiger partial charge is 0.332 e. The first-order chi connectivity index (χ1) is 12.9. The maximum absolute atomic E-state index is 12.5. The molecule has 7 heteroatoms. The molecular weight excluding hydrogens is 362 g/mol. The Balaban J connectivity index is 1.45. The van der Waals surface area contributed by atoms with Gasteiger partial charge in [0.05, 0.1) is 5.75 Å². The Kier molecular flexibility index (Phi) is 5.16. The van der Waals surface area contributed by atoms with E-state index in [1.165, 1.54) is 22.3 Å². The molecule has 0 aromatic heterocycles. The van der Waals surface area contributed by atoms with Crippen molar-refractivity contribution in [2.24, 2.45) is 0 Å². The molecule has 1 saturated heterocycles. The lowest BCUT2D eigenvalue weighted by Crippen LogP contribution is -2.43. The summed E-state index contributed by atoms with van der Waals surface area (Å²) in [5, 5.41) is 2.90. The van der Waals surface area contributed by atoms with E-state index in [2.05, 4.69) is 21.0 Å². The molecule has 0 bridgehead atoms. The van der Waals surface area contributed by atoms with E-state index >= 15 is 0 Å². The number of likely N-dealkylation sites (tertiary alicyclic amines) is 1. The molecule has 1 aromatic carbocycles. The number of rotatable bonds is 5. The molecule has 4 rings (SSSR count). The molecule has 1 aliphatic heterocycles. The van der Waals surface area contributed by atoms with Crippen molar-refractivity contribution in [2.75, 3.05) is 24.2 Å². The Morgan fingerprint density at radius 2 is 1.63 bits per heavy atom. The van der Waals surface area contributed by atoms with Gasteiger partial charge in [0.2, 0.25) is 10.0 Å². The smallest absolute Gasteiger partial charge is 0.307 e. The number of urea groups is 1. The summed E-state index contributed by atoms with van der Waals surface area (Å²) in [6, 6.07) is 1.59. The molecular formula is C20H29N3O3S. The summed E-state index contributed by atoms with van der Waals surface area (Å²) in [6.45, 7) is 3.79. The van der Waals surface area contributed by atoms with Crippen LogP contribution in [0.5, 0.6) is 0 Å². The second kappa shape index (κ2) is 7.43. The third-order valence-corrected chi connectivity index (χ3v) is 7.60. The Labute approximate surface area is 161 Å². The molecule has 148 valence electrons. The fraction of sp³-hybridized carbons (Fsp3) is 0.650. The lowest BCUT2D eigenvalue weighted by molar-refractivity contribution is 0.256. The van der Waals surface area contributed by atoms with Gasteiger partial charge in [0.1, 0.15) is 0 Å². The van der Waals surface area contributed by atoms with Crippen LogP contribution in [0.2, 0.25) is 0 Å². The number of nitrogens with zero attached hydrogens (tertiary/aromatic N) is 1. The number of hydrogen-bond donors (Lipinski definition) is 2. The van der Waals surface area contributed by atoms with Gasteiger partial charge in [0, 0.05) is 11.7 Å². The number of fused-ring (bicyclic) bond motifs is 2. The summed E-state index contributed by atoms with van der Waals surface area (Å²) in [5.74, 6) is -0.0502. The first kappa shape index (κ1) is 18.7. The van der Waals surface area contributed by atoms with E-state index in [-0.39, 0.29) is 11.8 Å². The standard InChI is InChI=1S/C20H29N3O3S/c1-14(23-10-2-3-11-23)13-27(25,26)22-20(24)21-19-17-8-4-6-15(17)12-16-7-5-9-18(16)19/h12,14H,2-11,13H2,1H3,(H2,21,22,24). The van der Waals surface area contributed by atoms with Gasteiger partial charge in [-0.2, -0.15) is 0 Å². The first-order valence-corrected chi connectivity index (χ1v) is 11.8. The topological polar surface area (TPSA) is 78.5 Å². The zero-order valence-corrected chi connectivity index (χ0v) is 16.8. The van der Waals surface area contributed by atoms with Crippen LogP contribution in [-0.2, 0) is 35.7 Å². The zero-order chi connectivity index (χ0) is 19.0.